The predicted molar refractivity (Wildman–Crippen MR) is 106 cm³/mol. The zero-order valence-electron chi connectivity index (χ0n) is 15.2. The fraction of sp³-hybridized carbons (Fsp3) is 0.100. The number of rotatable bonds is 6. The Kier molecular flexibility index (Phi) is 4.81. The van der Waals surface area contributed by atoms with E-state index in [1.807, 2.05) is 66.9 Å². The van der Waals surface area contributed by atoms with Crippen LogP contribution in [0.15, 0.2) is 84.1 Å². The third-order valence-electron chi connectivity index (χ3n) is 4.43. The van der Waals surface area contributed by atoms with Crippen LogP contribution in [0.1, 0.15) is 5.56 Å². The summed E-state index contributed by atoms with van der Waals surface area (Å²) in [4.78, 5) is 0.131. The van der Waals surface area contributed by atoms with E-state index in [4.69, 9.17) is 5.10 Å². The average Bonchev–Trinajstić information content (AvgIpc) is 3.40. The van der Waals surface area contributed by atoms with E-state index >= 15 is 0 Å². The van der Waals surface area contributed by atoms with Crippen molar-refractivity contribution in [3.05, 3.63) is 84.8 Å². The van der Waals surface area contributed by atoms with Crippen molar-refractivity contribution < 1.29 is 8.42 Å². The first kappa shape index (κ1) is 18.1. The van der Waals surface area contributed by atoms with Gasteiger partial charge in [-0.05, 0) is 12.1 Å². The monoisotopic (exact) mass is 393 g/mol. The lowest BCUT2D eigenvalue weighted by Crippen LogP contribution is -2.26. The maximum absolute atomic E-state index is 12.8. The molecule has 7 nitrogen and oxygen atoms in total. The Balaban J connectivity index is 1.74. The van der Waals surface area contributed by atoms with Crippen molar-refractivity contribution >= 4 is 10.0 Å². The number of aromatic amines is 1. The van der Waals surface area contributed by atoms with Crippen molar-refractivity contribution in [1.82, 2.24) is 24.3 Å². The van der Waals surface area contributed by atoms with Crippen molar-refractivity contribution in [1.29, 1.82) is 0 Å². The molecule has 142 valence electrons. The third-order valence-corrected chi connectivity index (χ3v) is 6.20. The largest absolute Gasteiger partial charge is 0.284 e. The van der Waals surface area contributed by atoms with Gasteiger partial charge in [0.05, 0.1) is 17.6 Å². The smallest absolute Gasteiger partial charge is 0.246 e. The topological polar surface area (TPSA) is 83.9 Å². The molecular weight excluding hydrogens is 374 g/mol. The van der Waals surface area contributed by atoms with Gasteiger partial charge in [-0.3, -0.25) is 5.10 Å². The third kappa shape index (κ3) is 3.47. The van der Waals surface area contributed by atoms with Crippen LogP contribution < -0.4 is 0 Å². The van der Waals surface area contributed by atoms with Crippen LogP contribution >= 0.6 is 0 Å². The molecule has 0 aliphatic carbocycles. The lowest BCUT2D eigenvalue weighted by atomic mass is 10.1. The normalized spacial score (nSPS) is 11.8. The van der Waals surface area contributed by atoms with E-state index in [1.54, 1.807) is 11.7 Å². The Morgan fingerprint density at radius 3 is 2.36 bits per heavy atom. The molecule has 28 heavy (non-hydrogen) atoms. The standard InChI is InChI=1S/C20H19N5O2S/c1-24(28(26,27)19-12-21-22-13-19)14-17-15-25(18-10-6-3-7-11-18)23-20(17)16-8-4-2-5-9-16/h2-13,15H,14H2,1H3,(H,21,22). The molecule has 4 aromatic rings. The van der Waals surface area contributed by atoms with E-state index in [-0.39, 0.29) is 11.4 Å². The summed E-state index contributed by atoms with van der Waals surface area (Å²) < 4.78 is 28.6. The number of hydrogen-bond acceptors (Lipinski definition) is 4. The molecule has 0 spiro atoms. The molecule has 2 aromatic carbocycles. The summed E-state index contributed by atoms with van der Waals surface area (Å²) in [6.07, 6.45) is 4.55. The zero-order valence-corrected chi connectivity index (χ0v) is 16.0. The summed E-state index contributed by atoms with van der Waals surface area (Å²) in [5.74, 6) is 0. The maximum atomic E-state index is 12.8. The molecule has 0 bridgehead atoms. The Labute approximate surface area is 163 Å². The molecule has 1 N–H and O–H groups in total. The molecule has 8 heteroatoms. The van der Waals surface area contributed by atoms with Crippen molar-refractivity contribution in [2.75, 3.05) is 7.05 Å². The lowest BCUT2D eigenvalue weighted by Gasteiger charge is -2.15. The average molecular weight is 393 g/mol. The minimum absolute atomic E-state index is 0.131. The van der Waals surface area contributed by atoms with Gasteiger partial charge in [0.25, 0.3) is 0 Å². The molecule has 0 fully saturated rings. The number of benzene rings is 2. The van der Waals surface area contributed by atoms with Crippen LogP contribution in [0, 0.1) is 0 Å². The molecule has 2 aromatic heterocycles. The first-order chi connectivity index (χ1) is 13.6. The van der Waals surface area contributed by atoms with Gasteiger partial charge < -0.3 is 0 Å². The van der Waals surface area contributed by atoms with Gasteiger partial charge in [-0.1, -0.05) is 48.5 Å². The molecule has 4 rings (SSSR count). The summed E-state index contributed by atoms with van der Waals surface area (Å²) in [5.41, 5.74) is 3.40. The summed E-state index contributed by atoms with van der Waals surface area (Å²) in [7, 11) is -2.09. The Bertz CT molecular complexity index is 1150. The maximum Gasteiger partial charge on any atom is 0.246 e. The van der Waals surface area contributed by atoms with Gasteiger partial charge >= 0.3 is 0 Å². The van der Waals surface area contributed by atoms with E-state index in [1.165, 1.54) is 16.7 Å². The summed E-state index contributed by atoms with van der Waals surface area (Å²) >= 11 is 0. The minimum Gasteiger partial charge on any atom is -0.284 e. The second-order valence-corrected chi connectivity index (χ2v) is 8.39. The molecule has 0 amide bonds. The number of sulfonamides is 1. The van der Waals surface area contributed by atoms with E-state index in [9.17, 15) is 8.42 Å². The van der Waals surface area contributed by atoms with Gasteiger partial charge in [-0.2, -0.15) is 14.5 Å². The van der Waals surface area contributed by atoms with E-state index in [2.05, 4.69) is 10.2 Å². The minimum atomic E-state index is -3.65. The van der Waals surface area contributed by atoms with Crippen LogP contribution in [0.25, 0.3) is 16.9 Å². The Hall–Kier alpha value is -3.23. The van der Waals surface area contributed by atoms with Gasteiger partial charge in [-0.25, -0.2) is 13.1 Å². The fourth-order valence-corrected chi connectivity index (χ4v) is 4.02. The highest BCUT2D eigenvalue weighted by Gasteiger charge is 2.24. The molecule has 0 saturated carbocycles. The van der Waals surface area contributed by atoms with Gasteiger partial charge in [0.1, 0.15) is 4.90 Å². The van der Waals surface area contributed by atoms with Crippen molar-refractivity contribution in [3.63, 3.8) is 0 Å². The summed E-state index contributed by atoms with van der Waals surface area (Å²) in [6, 6.07) is 19.5. The molecule has 0 unspecified atom stereocenters. The number of nitrogens with zero attached hydrogens (tertiary/aromatic N) is 4. The SMILES string of the molecule is CN(Cc1cn(-c2ccccc2)nc1-c1ccccc1)S(=O)(=O)c1cn[nH]c1. The molecule has 0 aliphatic rings. The number of hydrogen-bond donors (Lipinski definition) is 1. The van der Waals surface area contributed by atoms with Gasteiger partial charge in [0.2, 0.25) is 10.0 Å². The molecule has 0 saturated heterocycles. The van der Waals surface area contributed by atoms with Crippen LogP contribution in [-0.2, 0) is 16.6 Å². The lowest BCUT2D eigenvalue weighted by molar-refractivity contribution is 0.467. The Morgan fingerprint density at radius 2 is 1.71 bits per heavy atom. The van der Waals surface area contributed by atoms with Crippen LogP contribution in [0.5, 0.6) is 0 Å². The second-order valence-electron chi connectivity index (χ2n) is 6.34. The quantitative estimate of drug-likeness (QED) is 0.546. The summed E-state index contributed by atoms with van der Waals surface area (Å²) in [6.45, 7) is 0.185. The Morgan fingerprint density at radius 1 is 1.04 bits per heavy atom. The van der Waals surface area contributed by atoms with Crippen molar-refractivity contribution in [2.24, 2.45) is 0 Å². The van der Waals surface area contributed by atoms with Crippen molar-refractivity contribution in [3.8, 4) is 16.9 Å². The van der Waals surface area contributed by atoms with Gasteiger partial charge in [0, 0.05) is 37.1 Å². The predicted octanol–water partition coefficient (Wildman–Crippen LogP) is 3.08. The highest BCUT2D eigenvalue weighted by atomic mass is 32.2. The molecule has 0 atom stereocenters. The number of nitrogens with one attached hydrogen (secondary N) is 1. The molecule has 0 aliphatic heterocycles. The van der Waals surface area contributed by atoms with Gasteiger partial charge in [0.15, 0.2) is 0 Å². The number of aromatic nitrogens is 4. The van der Waals surface area contributed by atoms with Crippen LogP contribution in [0.2, 0.25) is 0 Å². The van der Waals surface area contributed by atoms with Crippen LogP contribution in [0.4, 0.5) is 0 Å². The molecule has 0 radical (unpaired) electrons. The van der Waals surface area contributed by atoms with Crippen LogP contribution in [0.3, 0.4) is 0 Å². The zero-order chi connectivity index (χ0) is 19.6. The highest BCUT2D eigenvalue weighted by molar-refractivity contribution is 7.89. The second kappa shape index (κ2) is 7.41. The van der Waals surface area contributed by atoms with E-state index < -0.39 is 10.0 Å². The first-order valence-corrected chi connectivity index (χ1v) is 10.1. The fourth-order valence-electron chi connectivity index (χ4n) is 2.96. The summed E-state index contributed by atoms with van der Waals surface area (Å²) in [5, 5.41) is 11.0. The van der Waals surface area contributed by atoms with Crippen molar-refractivity contribution in [2.45, 2.75) is 11.4 Å². The highest BCUT2D eigenvalue weighted by Crippen LogP contribution is 2.26. The molecular formula is C20H19N5O2S. The number of H-pyrrole nitrogens is 1. The molecule has 2 heterocycles. The van der Waals surface area contributed by atoms with E-state index in [0.29, 0.717) is 0 Å². The first-order valence-electron chi connectivity index (χ1n) is 8.70. The van der Waals surface area contributed by atoms with Crippen LogP contribution in [-0.4, -0.2) is 39.7 Å². The van der Waals surface area contributed by atoms with Gasteiger partial charge in [-0.15, -0.1) is 0 Å². The number of para-hydroxylation sites is 1. The van der Waals surface area contributed by atoms with E-state index in [0.717, 1.165) is 22.5 Å².